The number of amides is 1. The number of alkyl carbamates (subject to hydrolysis) is 1. The lowest BCUT2D eigenvalue weighted by Crippen LogP contribution is -2.50. The van der Waals surface area contributed by atoms with Crippen LogP contribution in [-0.4, -0.2) is 35.6 Å². The monoisotopic (exact) mass is 322 g/mol. The summed E-state index contributed by atoms with van der Waals surface area (Å²) >= 11 is 1.58. The first-order valence-corrected chi connectivity index (χ1v) is 8.48. The zero-order chi connectivity index (χ0) is 15.9. The molecule has 1 aliphatic heterocycles. The van der Waals surface area contributed by atoms with Crippen molar-refractivity contribution in [1.29, 1.82) is 0 Å². The summed E-state index contributed by atoms with van der Waals surface area (Å²) < 4.78 is 5.19. The lowest BCUT2D eigenvalue weighted by molar-refractivity contribution is -0.121. The van der Waals surface area contributed by atoms with Crippen LogP contribution in [-0.2, 0) is 16.1 Å². The van der Waals surface area contributed by atoms with E-state index in [4.69, 9.17) is 4.74 Å². The molecule has 0 spiro atoms. The van der Waals surface area contributed by atoms with Gasteiger partial charge in [-0.3, -0.25) is 10.1 Å². The molecule has 1 aliphatic rings. The molecule has 2 atom stereocenters. The lowest BCUT2D eigenvalue weighted by atomic mass is 10.00. The summed E-state index contributed by atoms with van der Waals surface area (Å²) in [6.45, 7) is 4.85. The zero-order valence-electron chi connectivity index (χ0n) is 12.9. The van der Waals surface area contributed by atoms with Gasteiger partial charge in [0, 0.05) is 12.3 Å². The van der Waals surface area contributed by atoms with E-state index in [1.165, 1.54) is 0 Å². The van der Waals surface area contributed by atoms with E-state index < -0.39 is 12.1 Å². The van der Waals surface area contributed by atoms with E-state index in [0.717, 1.165) is 17.9 Å². The van der Waals surface area contributed by atoms with Crippen LogP contribution in [0.5, 0.6) is 0 Å². The van der Waals surface area contributed by atoms with Crippen molar-refractivity contribution in [2.24, 2.45) is 5.92 Å². The molecule has 2 rings (SSSR count). The van der Waals surface area contributed by atoms with Crippen molar-refractivity contribution in [3.63, 3.8) is 0 Å². The van der Waals surface area contributed by atoms with Gasteiger partial charge in [0.1, 0.15) is 12.0 Å². The van der Waals surface area contributed by atoms with Crippen LogP contribution >= 0.6 is 11.8 Å². The Morgan fingerprint density at radius 3 is 2.68 bits per heavy atom. The third-order valence-electron chi connectivity index (χ3n) is 3.43. The number of rotatable bonds is 6. The summed E-state index contributed by atoms with van der Waals surface area (Å²) in [5, 5.41) is 5.61. The summed E-state index contributed by atoms with van der Waals surface area (Å²) in [6.07, 6.45) is -0.557. The van der Waals surface area contributed by atoms with Gasteiger partial charge in [0.2, 0.25) is 0 Å². The molecule has 1 fully saturated rings. The second kappa shape index (κ2) is 8.19. The molecule has 120 valence electrons. The standard InChI is InChI=1S/C16H22N2O3S/c1-11(2)13(14(19)15-17-8-9-22-15)18-16(20)21-10-12-6-4-3-5-7-12/h3-7,11,13,15,17H,8-10H2,1-2H3,(H,18,20)/t13-,15-/m0/s1. The largest absolute Gasteiger partial charge is 0.445 e. The van der Waals surface area contributed by atoms with Gasteiger partial charge in [-0.25, -0.2) is 4.79 Å². The third kappa shape index (κ3) is 4.74. The summed E-state index contributed by atoms with van der Waals surface area (Å²) in [5.74, 6) is 0.939. The first-order chi connectivity index (χ1) is 10.6. The van der Waals surface area contributed by atoms with Crippen LogP contribution in [0.15, 0.2) is 30.3 Å². The number of carbonyl (C=O) groups excluding carboxylic acids is 2. The first-order valence-electron chi connectivity index (χ1n) is 7.44. The van der Waals surface area contributed by atoms with Crippen LogP contribution in [0, 0.1) is 5.92 Å². The van der Waals surface area contributed by atoms with Gasteiger partial charge in [-0.15, -0.1) is 11.8 Å². The van der Waals surface area contributed by atoms with Gasteiger partial charge in [-0.2, -0.15) is 0 Å². The van der Waals surface area contributed by atoms with E-state index in [2.05, 4.69) is 10.6 Å². The Morgan fingerprint density at radius 1 is 1.36 bits per heavy atom. The lowest BCUT2D eigenvalue weighted by Gasteiger charge is -2.23. The molecule has 6 heteroatoms. The van der Waals surface area contributed by atoms with Crippen molar-refractivity contribution >= 4 is 23.6 Å². The van der Waals surface area contributed by atoms with Crippen LogP contribution in [0.4, 0.5) is 4.79 Å². The Bertz CT molecular complexity index is 501. The molecule has 0 bridgehead atoms. The number of hydrogen-bond acceptors (Lipinski definition) is 5. The molecule has 1 aromatic rings. The second-order valence-corrected chi connectivity index (χ2v) is 6.75. The Hall–Kier alpha value is -1.53. The number of thioether (sulfide) groups is 1. The maximum Gasteiger partial charge on any atom is 0.408 e. The molecule has 0 aromatic heterocycles. The topological polar surface area (TPSA) is 67.4 Å². The molecule has 22 heavy (non-hydrogen) atoms. The van der Waals surface area contributed by atoms with Crippen molar-refractivity contribution in [2.45, 2.75) is 31.9 Å². The number of benzene rings is 1. The van der Waals surface area contributed by atoms with E-state index in [1.807, 2.05) is 44.2 Å². The summed E-state index contributed by atoms with van der Waals surface area (Å²) in [5.41, 5.74) is 0.915. The highest BCUT2D eigenvalue weighted by Gasteiger charge is 2.32. The van der Waals surface area contributed by atoms with E-state index >= 15 is 0 Å². The highest BCUT2D eigenvalue weighted by Crippen LogP contribution is 2.18. The summed E-state index contributed by atoms with van der Waals surface area (Å²) in [4.78, 5) is 24.4. The van der Waals surface area contributed by atoms with Crippen molar-refractivity contribution in [2.75, 3.05) is 12.3 Å². The molecule has 0 aliphatic carbocycles. The van der Waals surface area contributed by atoms with Gasteiger partial charge < -0.3 is 10.1 Å². The van der Waals surface area contributed by atoms with Crippen LogP contribution in [0.25, 0.3) is 0 Å². The van der Waals surface area contributed by atoms with Crippen LogP contribution < -0.4 is 10.6 Å². The van der Waals surface area contributed by atoms with Gasteiger partial charge >= 0.3 is 6.09 Å². The fraction of sp³-hybridized carbons (Fsp3) is 0.500. The smallest absolute Gasteiger partial charge is 0.408 e. The number of Topliss-reactive ketones (excluding diaryl/α,β-unsaturated/α-hetero) is 1. The highest BCUT2D eigenvalue weighted by molar-refractivity contribution is 8.00. The van der Waals surface area contributed by atoms with E-state index in [0.29, 0.717) is 0 Å². The zero-order valence-corrected chi connectivity index (χ0v) is 13.7. The summed E-state index contributed by atoms with van der Waals surface area (Å²) in [7, 11) is 0. The van der Waals surface area contributed by atoms with Gasteiger partial charge in [0.25, 0.3) is 0 Å². The Labute approximate surface area is 135 Å². The van der Waals surface area contributed by atoms with Crippen molar-refractivity contribution in [1.82, 2.24) is 10.6 Å². The molecule has 1 heterocycles. The maximum absolute atomic E-state index is 12.4. The quantitative estimate of drug-likeness (QED) is 0.840. The first kappa shape index (κ1) is 16.8. The minimum Gasteiger partial charge on any atom is -0.445 e. The number of ether oxygens (including phenoxy) is 1. The minimum atomic E-state index is -0.557. The van der Waals surface area contributed by atoms with E-state index in [9.17, 15) is 9.59 Å². The van der Waals surface area contributed by atoms with Gasteiger partial charge in [0.05, 0.1) is 6.04 Å². The van der Waals surface area contributed by atoms with Crippen molar-refractivity contribution in [3.05, 3.63) is 35.9 Å². The third-order valence-corrected chi connectivity index (χ3v) is 4.61. The molecule has 0 saturated carbocycles. The number of carbonyl (C=O) groups is 2. The molecule has 5 nitrogen and oxygen atoms in total. The molecular formula is C16H22N2O3S. The highest BCUT2D eigenvalue weighted by atomic mass is 32.2. The van der Waals surface area contributed by atoms with Crippen LogP contribution in [0.1, 0.15) is 19.4 Å². The number of nitrogens with one attached hydrogen (secondary N) is 2. The van der Waals surface area contributed by atoms with Gasteiger partial charge in [-0.05, 0) is 11.5 Å². The average molecular weight is 322 g/mol. The molecule has 0 unspecified atom stereocenters. The second-order valence-electron chi connectivity index (χ2n) is 5.54. The number of ketones is 1. The normalized spacial score (nSPS) is 19.0. The van der Waals surface area contributed by atoms with E-state index in [1.54, 1.807) is 11.8 Å². The predicted octanol–water partition coefficient (Wildman–Crippen LogP) is 2.17. The maximum atomic E-state index is 12.4. The van der Waals surface area contributed by atoms with Crippen LogP contribution in [0.3, 0.4) is 0 Å². The predicted molar refractivity (Wildman–Crippen MR) is 87.6 cm³/mol. The fourth-order valence-corrected chi connectivity index (χ4v) is 3.25. The number of hydrogen-bond donors (Lipinski definition) is 2. The minimum absolute atomic E-state index is 0.00848. The van der Waals surface area contributed by atoms with E-state index in [-0.39, 0.29) is 23.7 Å². The van der Waals surface area contributed by atoms with Gasteiger partial charge in [0.15, 0.2) is 5.78 Å². The van der Waals surface area contributed by atoms with Crippen molar-refractivity contribution in [3.8, 4) is 0 Å². The molecule has 2 N–H and O–H groups in total. The Morgan fingerprint density at radius 2 is 2.09 bits per heavy atom. The van der Waals surface area contributed by atoms with Crippen molar-refractivity contribution < 1.29 is 14.3 Å². The SMILES string of the molecule is CC(C)[C@H](NC(=O)OCc1ccccc1)C(=O)[C@H]1NCCS1. The fourth-order valence-electron chi connectivity index (χ4n) is 2.23. The van der Waals surface area contributed by atoms with Crippen LogP contribution in [0.2, 0.25) is 0 Å². The molecular weight excluding hydrogens is 300 g/mol. The van der Waals surface area contributed by atoms with Gasteiger partial charge in [-0.1, -0.05) is 44.2 Å². The molecule has 0 radical (unpaired) electrons. The summed E-state index contributed by atoms with van der Waals surface area (Å²) in [6, 6.07) is 8.92. The Kier molecular flexibility index (Phi) is 6.27. The average Bonchev–Trinajstić information content (AvgIpc) is 3.05. The molecule has 1 saturated heterocycles. The Balaban J connectivity index is 1.87. The molecule has 1 amide bonds. The molecule has 1 aromatic carbocycles.